The summed E-state index contributed by atoms with van der Waals surface area (Å²) in [5.41, 5.74) is -0.602. The van der Waals surface area contributed by atoms with Gasteiger partial charge in [-0.25, -0.2) is 14.8 Å². The molecule has 0 aromatic carbocycles. The average molecular weight is 331 g/mol. The molecule has 0 bridgehead atoms. The van der Waals surface area contributed by atoms with Crippen LogP contribution >= 0.6 is 15.9 Å². The number of anilines is 1. The van der Waals surface area contributed by atoms with Crippen LogP contribution in [0.25, 0.3) is 0 Å². The molecule has 0 aliphatic heterocycles. The Labute approximate surface area is 119 Å². The molecule has 0 fully saturated rings. The average Bonchev–Trinajstić information content (AvgIpc) is 2.27. The van der Waals surface area contributed by atoms with Gasteiger partial charge in [0.1, 0.15) is 12.1 Å². The number of nitrogens with one attached hydrogen (secondary N) is 2. The van der Waals surface area contributed by atoms with Crippen molar-refractivity contribution in [2.24, 2.45) is 0 Å². The number of hydrogen-bond donors (Lipinski definition) is 2. The van der Waals surface area contributed by atoms with Crippen LogP contribution in [0.15, 0.2) is 16.9 Å². The standard InChI is InChI=1S/C11H15BrN4O3/c1-11(2,3)19-10(18)15-6-8(17)16-9-13-4-7(12)5-14-9/h4-5H,6H2,1-3H3,(H,15,18)(H,13,14,16,17). The van der Waals surface area contributed by atoms with Gasteiger partial charge in [-0.05, 0) is 36.7 Å². The highest BCUT2D eigenvalue weighted by Crippen LogP contribution is 2.07. The summed E-state index contributed by atoms with van der Waals surface area (Å²) >= 11 is 3.18. The predicted octanol–water partition coefficient (Wildman–Crippen LogP) is 1.70. The third-order valence-corrected chi connectivity index (χ3v) is 2.07. The van der Waals surface area contributed by atoms with E-state index in [2.05, 4.69) is 36.5 Å². The van der Waals surface area contributed by atoms with Gasteiger partial charge in [0.25, 0.3) is 0 Å². The van der Waals surface area contributed by atoms with Crippen LogP contribution in [0.5, 0.6) is 0 Å². The van der Waals surface area contributed by atoms with Gasteiger partial charge in [-0.3, -0.25) is 10.1 Å². The van der Waals surface area contributed by atoms with Crippen molar-refractivity contribution >= 4 is 33.9 Å². The van der Waals surface area contributed by atoms with Crippen molar-refractivity contribution in [3.63, 3.8) is 0 Å². The number of aromatic nitrogens is 2. The fourth-order valence-electron chi connectivity index (χ4n) is 1.01. The smallest absolute Gasteiger partial charge is 0.408 e. The Morgan fingerprint density at radius 2 is 1.89 bits per heavy atom. The molecule has 7 nitrogen and oxygen atoms in total. The van der Waals surface area contributed by atoms with Gasteiger partial charge in [-0.2, -0.15) is 0 Å². The molecule has 8 heteroatoms. The zero-order valence-electron chi connectivity index (χ0n) is 10.9. The van der Waals surface area contributed by atoms with E-state index >= 15 is 0 Å². The Bertz CT molecular complexity index is 456. The molecular formula is C11H15BrN4O3. The largest absolute Gasteiger partial charge is 0.444 e. The molecule has 0 aliphatic carbocycles. The van der Waals surface area contributed by atoms with Crippen LogP contribution < -0.4 is 10.6 Å². The number of nitrogens with zero attached hydrogens (tertiary/aromatic N) is 2. The molecule has 1 aromatic rings. The number of rotatable bonds is 3. The second-order valence-electron chi connectivity index (χ2n) is 4.63. The second-order valence-corrected chi connectivity index (χ2v) is 5.54. The molecular weight excluding hydrogens is 316 g/mol. The first kappa shape index (κ1) is 15.4. The zero-order valence-corrected chi connectivity index (χ0v) is 12.4. The molecule has 0 saturated carbocycles. The minimum absolute atomic E-state index is 0.166. The molecule has 0 saturated heterocycles. The van der Waals surface area contributed by atoms with Crippen molar-refractivity contribution in [1.29, 1.82) is 0 Å². The van der Waals surface area contributed by atoms with Gasteiger partial charge in [0.05, 0.1) is 4.47 Å². The molecule has 0 radical (unpaired) electrons. The van der Waals surface area contributed by atoms with Gasteiger partial charge in [0, 0.05) is 12.4 Å². The summed E-state index contributed by atoms with van der Waals surface area (Å²) in [7, 11) is 0. The van der Waals surface area contributed by atoms with Crippen LogP contribution in [0.3, 0.4) is 0 Å². The van der Waals surface area contributed by atoms with Crippen LogP contribution in [0.4, 0.5) is 10.7 Å². The first-order chi connectivity index (χ1) is 8.76. The van der Waals surface area contributed by atoms with Crippen LogP contribution in [-0.4, -0.2) is 34.1 Å². The third kappa shape index (κ3) is 6.70. The van der Waals surface area contributed by atoms with Gasteiger partial charge < -0.3 is 10.1 Å². The van der Waals surface area contributed by atoms with E-state index in [0.29, 0.717) is 4.47 Å². The number of amides is 2. The highest BCUT2D eigenvalue weighted by molar-refractivity contribution is 9.10. The Morgan fingerprint density at radius 1 is 1.32 bits per heavy atom. The Hall–Kier alpha value is -1.70. The lowest BCUT2D eigenvalue weighted by molar-refractivity contribution is -0.115. The number of hydrogen-bond acceptors (Lipinski definition) is 5. The third-order valence-electron chi connectivity index (χ3n) is 1.66. The van der Waals surface area contributed by atoms with Crippen LogP contribution in [-0.2, 0) is 9.53 Å². The Kier molecular flexibility index (Phi) is 5.22. The van der Waals surface area contributed by atoms with Crippen LogP contribution in [0.2, 0.25) is 0 Å². The molecule has 0 unspecified atom stereocenters. The van der Waals surface area contributed by atoms with Gasteiger partial charge in [0.15, 0.2) is 0 Å². The van der Waals surface area contributed by atoms with Crippen LogP contribution in [0, 0.1) is 0 Å². The van der Waals surface area contributed by atoms with E-state index in [4.69, 9.17) is 4.74 Å². The summed E-state index contributed by atoms with van der Waals surface area (Å²) in [5.74, 6) is -0.271. The maximum Gasteiger partial charge on any atom is 0.408 e. The first-order valence-electron chi connectivity index (χ1n) is 5.50. The fraction of sp³-hybridized carbons (Fsp3) is 0.455. The predicted molar refractivity (Wildman–Crippen MR) is 72.6 cm³/mol. The van der Waals surface area contributed by atoms with E-state index in [1.807, 2.05) is 0 Å². The molecule has 0 spiro atoms. The van der Waals surface area contributed by atoms with E-state index in [0.717, 1.165) is 0 Å². The minimum atomic E-state index is -0.653. The zero-order chi connectivity index (χ0) is 14.5. The number of carbonyl (C=O) groups is 2. The van der Waals surface area contributed by atoms with Crippen molar-refractivity contribution in [2.75, 3.05) is 11.9 Å². The summed E-state index contributed by atoms with van der Waals surface area (Å²) in [5, 5.41) is 4.77. The summed E-state index contributed by atoms with van der Waals surface area (Å²) in [6.07, 6.45) is 2.35. The summed E-state index contributed by atoms with van der Waals surface area (Å²) in [4.78, 5) is 30.5. The highest BCUT2D eigenvalue weighted by Gasteiger charge is 2.16. The summed E-state index contributed by atoms with van der Waals surface area (Å²) in [6.45, 7) is 5.00. The van der Waals surface area contributed by atoms with Gasteiger partial charge in [-0.1, -0.05) is 0 Å². The maximum atomic E-state index is 11.5. The maximum absolute atomic E-state index is 11.5. The summed E-state index contributed by atoms with van der Waals surface area (Å²) < 4.78 is 5.69. The second kappa shape index (κ2) is 6.46. The SMILES string of the molecule is CC(C)(C)OC(=O)NCC(=O)Nc1ncc(Br)cn1. The highest BCUT2D eigenvalue weighted by atomic mass is 79.9. The minimum Gasteiger partial charge on any atom is -0.444 e. The topological polar surface area (TPSA) is 93.2 Å². The normalized spacial score (nSPS) is 10.7. The number of alkyl carbamates (subject to hydrolysis) is 1. The van der Waals surface area contributed by atoms with Gasteiger partial charge >= 0.3 is 6.09 Å². The number of carbonyl (C=O) groups excluding carboxylic acids is 2. The number of ether oxygens (including phenoxy) is 1. The molecule has 104 valence electrons. The van der Waals surface area contributed by atoms with Crippen molar-refractivity contribution in [3.8, 4) is 0 Å². The number of halogens is 1. The van der Waals surface area contributed by atoms with Crippen molar-refractivity contribution in [1.82, 2.24) is 15.3 Å². The van der Waals surface area contributed by atoms with Crippen LogP contribution in [0.1, 0.15) is 20.8 Å². The molecule has 2 amide bonds. The molecule has 1 aromatic heterocycles. The molecule has 1 rings (SSSR count). The lowest BCUT2D eigenvalue weighted by Gasteiger charge is -2.19. The van der Waals surface area contributed by atoms with Crippen molar-refractivity contribution in [2.45, 2.75) is 26.4 Å². The van der Waals surface area contributed by atoms with Crippen molar-refractivity contribution < 1.29 is 14.3 Å². The fourth-order valence-corrected chi connectivity index (χ4v) is 1.22. The Balaban J connectivity index is 2.36. The van der Waals surface area contributed by atoms with E-state index in [1.165, 1.54) is 12.4 Å². The van der Waals surface area contributed by atoms with E-state index in [9.17, 15) is 9.59 Å². The lowest BCUT2D eigenvalue weighted by atomic mass is 10.2. The first-order valence-corrected chi connectivity index (χ1v) is 6.30. The molecule has 2 N–H and O–H groups in total. The Morgan fingerprint density at radius 3 is 2.42 bits per heavy atom. The van der Waals surface area contributed by atoms with E-state index < -0.39 is 17.6 Å². The van der Waals surface area contributed by atoms with Gasteiger partial charge in [-0.15, -0.1) is 0 Å². The quantitative estimate of drug-likeness (QED) is 0.879. The van der Waals surface area contributed by atoms with E-state index in [1.54, 1.807) is 20.8 Å². The molecule has 1 heterocycles. The molecule has 19 heavy (non-hydrogen) atoms. The molecule has 0 atom stereocenters. The van der Waals surface area contributed by atoms with Crippen molar-refractivity contribution in [3.05, 3.63) is 16.9 Å². The van der Waals surface area contributed by atoms with Gasteiger partial charge in [0.2, 0.25) is 11.9 Å². The molecule has 0 aliphatic rings. The lowest BCUT2D eigenvalue weighted by Crippen LogP contribution is -2.37. The summed E-state index contributed by atoms with van der Waals surface area (Å²) in [6, 6.07) is 0. The van der Waals surface area contributed by atoms with E-state index in [-0.39, 0.29) is 12.5 Å². The monoisotopic (exact) mass is 330 g/mol.